The van der Waals surface area contributed by atoms with Gasteiger partial charge in [0.15, 0.2) is 0 Å². The molecule has 8 heteroatoms. The Bertz CT molecular complexity index is 1260. The van der Waals surface area contributed by atoms with Crippen LogP contribution >= 0.6 is 13.5 Å². The van der Waals surface area contributed by atoms with Crippen molar-refractivity contribution in [2.24, 2.45) is 5.73 Å². The molecule has 6 nitrogen and oxygen atoms in total. The quantitative estimate of drug-likeness (QED) is 0.554. The van der Waals surface area contributed by atoms with Crippen molar-refractivity contribution in [1.29, 1.82) is 0 Å². The van der Waals surface area contributed by atoms with Crippen LogP contribution in [0.25, 0.3) is 10.8 Å². The van der Waals surface area contributed by atoms with E-state index in [0.29, 0.717) is 25.6 Å². The molecule has 3 aliphatic rings. The topological polar surface area (TPSA) is 73.0 Å². The minimum Gasteiger partial charge on any atom is -0.390 e. The summed E-state index contributed by atoms with van der Waals surface area (Å²) in [6, 6.07) is 19.8. The molecule has 2 atom stereocenters. The molecule has 36 heavy (non-hydrogen) atoms. The zero-order valence-electron chi connectivity index (χ0n) is 20.2. The summed E-state index contributed by atoms with van der Waals surface area (Å²) < 4.78 is 13.7. The molecule has 3 aromatic carbocycles. The molecule has 3 N–H and O–H groups in total. The summed E-state index contributed by atoms with van der Waals surface area (Å²) in [6.07, 6.45) is 1.60. The third-order valence-corrected chi connectivity index (χ3v) is 8.22. The second kappa shape index (κ2) is 9.67. The van der Waals surface area contributed by atoms with E-state index in [1.165, 1.54) is 34.0 Å². The molecule has 0 radical (unpaired) electrons. The predicted octanol–water partition coefficient (Wildman–Crippen LogP) is 3.15. The standard InChI is InChI=1S/C28H31FN4O2.H2S/c29-21-7-9-22(10-8-21)33-18-32(17-23(34)16-30)27(35)28(33)11-13-31(14-12-28)25-15-20-5-1-3-19-4-2-6-24(25)26(19)20;/h1-10,23,25,34H,11-18,30H2;1H2/t23-,25+;/m0./s1. The normalized spacial score (nSPS) is 21.9. The zero-order valence-corrected chi connectivity index (χ0v) is 21.2. The third-order valence-electron chi connectivity index (χ3n) is 8.22. The van der Waals surface area contributed by atoms with E-state index in [1.54, 1.807) is 17.0 Å². The Balaban J connectivity index is 0.00000267. The summed E-state index contributed by atoms with van der Waals surface area (Å²) in [5.74, 6) is -0.265. The monoisotopic (exact) mass is 508 g/mol. The van der Waals surface area contributed by atoms with Gasteiger partial charge in [0, 0.05) is 37.9 Å². The van der Waals surface area contributed by atoms with Gasteiger partial charge in [0.1, 0.15) is 11.4 Å². The second-order valence-electron chi connectivity index (χ2n) is 10.1. The SMILES string of the molecule is NC[C@H](O)CN1CN(c2ccc(F)cc2)C2(CCN([C@@H]3Cc4cccc5cccc3c45)CC2)C1=O.S. The van der Waals surface area contributed by atoms with Crippen molar-refractivity contribution in [1.82, 2.24) is 9.80 Å². The molecule has 2 saturated heterocycles. The van der Waals surface area contributed by atoms with Gasteiger partial charge in [-0.25, -0.2) is 4.39 Å². The lowest BCUT2D eigenvalue weighted by molar-refractivity contribution is -0.134. The fourth-order valence-electron chi connectivity index (χ4n) is 6.43. The maximum Gasteiger partial charge on any atom is 0.250 e. The average Bonchev–Trinajstić information content (AvgIpc) is 3.38. The Hall–Kier alpha value is -2.65. The number of piperidine rings is 1. The lowest BCUT2D eigenvalue weighted by Crippen LogP contribution is -2.57. The first-order valence-corrected chi connectivity index (χ1v) is 12.5. The van der Waals surface area contributed by atoms with E-state index in [9.17, 15) is 14.3 Å². The Morgan fingerprint density at radius 3 is 2.44 bits per heavy atom. The minimum atomic E-state index is -0.762. The number of anilines is 1. The zero-order chi connectivity index (χ0) is 24.2. The van der Waals surface area contributed by atoms with E-state index in [4.69, 9.17) is 5.73 Å². The average molecular weight is 509 g/mol. The molecule has 0 unspecified atom stereocenters. The van der Waals surface area contributed by atoms with E-state index in [0.717, 1.165) is 25.2 Å². The lowest BCUT2D eigenvalue weighted by Gasteiger charge is -2.45. The van der Waals surface area contributed by atoms with Gasteiger partial charge in [-0.1, -0.05) is 36.4 Å². The van der Waals surface area contributed by atoms with Gasteiger partial charge in [-0.3, -0.25) is 9.69 Å². The first-order chi connectivity index (χ1) is 17.0. The number of nitrogens with zero attached hydrogens (tertiary/aromatic N) is 3. The number of benzene rings is 3. The molecular weight excluding hydrogens is 475 g/mol. The van der Waals surface area contributed by atoms with Crippen LogP contribution in [0.15, 0.2) is 60.7 Å². The van der Waals surface area contributed by atoms with Crippen LogP contribution in [0.4, 0.5) is 10.1 Å². The molecule has 1 amide bonds. The first kappa shape index (κ1) is 25.0. The highest BCUT2D eigenvalue weighted by Gasteiger charge is 2.54. The largest absolute Gasteiger partial charge is 0.390 e. The van der Waals surface area contributed by atoms with Gasteiger partial charge >= 0.3 is 0 Å². The number of hydrogen-bond acceptors (Lipinski definition) is 5. The number of carbonyl (C=O) groups excluding carboxylic acids is 1. The van der Waals surface area contributed by atoms with Crippen LogP contribution in [0.5, 0.6) is 0 Å². The van der Waals surface area contributed by atoms with Crippen LogP contribution in [-0.4, -0.2) is 65.3 Å². The van der Waals surface area contributed by atoms with Gasteiger partial charge < -0.3 is 20.6 Å². The van der Waals surface area contributed by atoms with E-state index >= 15 is 0 Å². The molecule has 0 saturated carbocycles. The van der Waals surface area contributed by atoms with E-state index < -0.39 is 11.6 Å². The van der Waals surface area contributed by atoms with Gasteiger partial charge in [-0.2, -0.15) is 13.5 Å². The fourth-order valence-corrected chi connectivity index (χ4v) is 6.43. The number of β-amino-alcohol motifs (C(OH)–C–C–N with tert-alkyl or cyclic N) is 1. The number of aliphatic hydroxyl groups is 1. The van der Waals surface area contributed by atoms with Gasteiger partial charge in [0.25, 0.3) is 0 Å². The fraction of sp³-hybridized carbons (Fsp3) is 0.393. The first-order valence-electron chi connectivity index (χ1n) is 12.5. The van der Waals surface area contributed by atoms with Gasteiger partial charge in [-0.15, -0.1) is 0 Å². The highest BCUT2D eigenvalue weighted by atomic mass is 32.1. The van der Waals surface area contributed by atoms with Crippen molar-refractivity contribution in [3.63, 3.8) is 0 Å². The van der Waals surface area contributed by atoms with Crippen LogP contribution in [0, 0.1) is 5.82 Å². The van der Waals surface area contributed by atoms with Gasteiger partial charge in [-0.05, 0) is 65.4 Å². The maximum absolute atomic E-state index is 13.8. The predicted molar refractivity (Wildman–Crippen MR) is 145 cm³/mol. The van der Waals surface area contributed by atoms with Crippen LogP contribution in [0.3, 0.4) is 0 Å². The number of carbonyl (C=O) groups is 1. The summed E-state index contributed by atoms with van der Waals surface area (Å²) in [7, 11) is 0. The molecule has 0 aromatic heterocycles. The van der Waals surface area contributed by atoms with Crippen molar-refractivity contribution in [2.45, 2.75) is 36.9 Å². The van der Waals surface area contributed by atoms with Crippen LogP contribution in [0.1, 0.15) is 30.0 Å². The Morgan fingerprint density at radius 2 is 1.75 bits per heavy atom. The molecular formula is C28H33FN4O2S. The summed E-state index contributed by atoms with van der Waals surface area (Å²) in [6.45, 7) is 2.28. The summed E-state index contributed by atoms with van der Waals surface area (Å²) >= 11 is 0. The highest BCUT2D eigenvalue weighted by molar-refractivity contribution is 7.59. The number of hydrogen-bond donors (Lipinski definition) is 2. The molecule has 190 valence electrons. The number of halogens is 1. The molecule has 2 fully saturated rings. The van der Waals surface area contributed by atoms with Crippen LogP contribution in [0.2, 0.25) is 0 Å². The number of amides is 1. The molecule has 0 bridgehead atoms. The van der Waals surface area contributed by atoms with Crippen LogP contribution < -0.4 is 10.6 Å². The van der Waals surface area contributed by atoms with E-state index in [-0.39, 0.29) is 38.3 Å². The maximum atomic E-state index is 13.8. The molecule has 2 aliphatic heterocycles. The smallest absolute Gasteiger partial charge is 0.250 e. The Kier molecular flexibility index (Phi) is 6.72. The Labute approximate surface area is 217 Å². The van der Waals surface area contributed by atoms with Crippen molar-refractivity contribution in [2.75, 3.05) is 37.7 Å². The number of rotatable bonds is 5. The van der Waals surface area contributed by atoms with Crippen molar-refractivity contribution in [3.8, 4) is 0 Å². The van der Waals surface area contributed by atoms with Crippen molar-refractivity contribution in [3.05, 3.63) is 77.6 Å². The molecule has 3 aromatic rings. The van der Waals surface area contributed by atoms with Crippen molar-refractivity contribution >= 4 is 35.9 Å². The molecule has 2 heterocycles. The summed E-state index contributed by atoms with van der Waals surface area (Å²) in [5, 5.41) is 12.8. The third kappa shape index (κ3) is 3.96. The van der Waals surface area contributed by atoms with E-state index in [1.807, 2.05) is 0 Å². The minimum absolute atomic E-state index is 0. The Morgan fingerprint density at radius 1 is 1.06 bits per heavy atom. The number of likely N-dealkylation sites (tertiary alicyclic amines) is 1. The van der Waals surface area contributed by atoms with Gasteiger partial charge in [0.2, 0.25) is 5.91 Å². The number of aliphatic hydroxyl groups excluding tert-OH is 1. The molecule has 6 rings (SSSR count). The summed E-state index contributed by atoms with van der Waals surface area (Å²) in [4.78, 5) is 20.1. The molecule has 1 aliphatic carbocycles. The summed E-state index contributed by atoms with van der Waals surface area (Å²) in [5.41, 5.74) is 8.55. The second-order valence-corrected chi connectivity index (χ2v) is 10.1. The van der Waals surface area contributed by atoms with Crippen LogP contribution in [-0.2, 0) is 11.2 Å². The van der Waals surface area contributed by atoms with Gasteiger partial charge in [0.05, 0.1) is 12.8 Å². The lowest BCUT2D eigenvalue weighted by atomic mass is 9.84. The highest BCUT2D eigenvalue weighted by Crippen LogP contribution is 2.45. The number of nitrogens with two attached hydrogens (primary N) is 1. The molecule has 1 spiro atoms. The van der Waals surface area contributed by atoms with Crippen molar-refractivity contribution < 1.29 is 14.3 Å². The van der Waals surface area contributed by atoms with E-state index in [2.05, 4.69) is 46.2 Å².